The minimum absolute atomic E-state index is 0.0350. The largest absolute Gasteiger partial charge is 0.468 e. The van der Waals surface area contributed by atoms with Crippen LogP contribution in [-0.4, -0.2) is 40.2 Å². The van der Waals surface area contributed by atoms with Crippen LogP contribution in [0.4, 0.5) is 0 Å². The van der Waals surface area contributed by atoms with E-state index in [0.29, 0.717) is 13.0 Å². The van der Waals surface area contributed by atoms with Gasteiger partial charge in [0.1, 0.15) is 5.76 Å². The summed E-state index contributed by atoms with van der Waals surface area (Å²) in [5.74, 6) is 0.962. The highest BCUT2D eigenvalue weighted by atomic mass is 16.3. The summed E-state index contributed by atoms with van der Waals surface area (Å²) in [5, 5.41) is 7.49. The highest BCUT2D eigenvalue weighted by Crippen LogP contribution is 2.24. The molecule has 2 aromatic rings. The molecule has 0 spiro atoms. The molecule has 0 aromatic carbocycles. The fourth-order valence-corrected chi connectivity index (χ4v) is 3.63. The summed E-state index contributed by atoms with van der Waals surface area (Å²) < 4.78 is 7.47. The SMILES string of the molecule is Cc1nn(C)c(C)c1CC(=O)NC[C@H](c1ccco1)N1CCCCC1. The van der Waals surface area contributed by atoms with Crippen molar-refractivity contribution in [3.8, 4) is 0 Å². The Balaban J connectivity index is 1.63. The van der Waals surface area contributed by atoms with Crippen LogP contribution in [0.15, 0.2) is 22.8 Å². The summed E-state index contributed by atoms with van der Waals surface area (Å²) in [7, 11) is 1.91. The maximum Gasteiger partial charge on any atom is 0.224 e. The Hall–Kier alpha value is -2.08. The maximum absolute atomic E-state index is 12.5. The van der Waals surface area contributed by atoms with Gasteiger partial charge in [0.15, 0.2) is 0 Å². The molecule has 2 aromatic heterocycles. The van der Waals surface area contributed by atoms with Crippen molar-refractivity contribution in [3.05, 3.63) is 41.1 Å². The molecule has 0 unspecified atom stereocenters. The molecule has 1 atom stereocenters. The number of aryl methyl sites for hydroxylation is 2. The van der Waals surface area contributed by atoms with Crippen LogP contribution in [0.5, 0.6) is 0 Å². The predicted octanol–water partition coefficient (Wildman–Crippen LogP) is 2.52. The smallest absolute Gasteiger partial charge is 0.224 e. The molecule has 1 amide bonds. The summed E-state index contributed by atoms with van der Waals surface area (Å²) in [6, 6.07) is 4.02. The number of furan rings is 1. The van der Waals surface area contributed by atoms with Gasteiger partial charge in [0.05, 0.1) is 24.4 Å². The van der Waals surface area contributed by atoms with Gasteiger partial charge in [-0.25, -0.2) is 0 Å². The molecule has 136 valence electrons. The quantitative estimate of drug-likeness (QED) is 0.875. The lowest BCUT2D eigenvalue weighted by atomic mass is 10.1. The monoisotopic (exact) mass is 344 g/mol. The fourth-order valence-electron chi connectivity index (χ4n) is 3.63. The Morgan fingerprint density at radius 2 is 2.08 bits per heavy atom. The van der Waals surface area contributed by atoms with Crippen molar-refractivity contribution in [2.24, 2.45) is 7.05 Å². The summed E-state index contributed by atoms with van der Waals surface area (Å²) >= 11 is 0. The van der Waals surface area contributed by atoms with Crippen molar-refractivity contribution in [1.29, 1.82) is 0 Å². The van der Waals surface area contributed by atoms with Crippen LogP contribution in [0, 0.1) is 13.8 Å². The Kier molecular flexibility index (Phi) is 5.58. The number of rotatable bonds is 6. The maximum atomic E-state index is 12.5. The lowest BCUT2D eigenvalue weighted by Gasteiger charge is -2.33. The summed E-state index contributed by atoms with van der Waals surface area (Å²) in [4.78, 5) is 14.9. The third-order valence-electron chi connectivity index (χ3n) is 5.19. The Labute approximate surface area is 149 Å². The van der Waals surface area contributed by atoms with Gasteiger partial charge in [-0.2, -0.15) is 5.10 Å². The number of nitrogens with one attached hydrogen (secondary N) is 1. The summed E-state index contributed by atoms with van der Waals surface area (Å²) in [5.41, 5.74) is 2.99. The Morgan fingerprint density at radius 3 is 2.68 bits per heavy atom. The third kappa shape index (κ3) is 4.12. The minimum atomic E-state index is 0.0350. The van der Waals surface area contributed by atoms with E-state index in [-0.39, 0.29) is 11.9 Å². The fraction of sp³-hybridized carbons (Fsp3) is 0.579. The molecule has 0 aliphatic carbocycles. The van der Waals surface area contributed by atoms with Crippen LogP contribution in [0.25, 0.3) is 0 Å². The zero-order valence-electron chi connectivity index (χ0n) is 15.4. The molecule has 6 heteroatoms. The normalized spacial score (nSPS) is 16.8. The number of hydrogen-bond acceptors (Lipinski definition) is 4. The lowest BCUT2D eigenvalue weighted by Crippen LogP contribution is -2.40. The Bertz CT molecular complexity index is 699. The highest BCUT2D eigenvalue weighted by Gasteiger charge is 2.25. The standard InChI is InChI=1S/C19H28N4O2/c1-14-16(15(2)22(3)21-14)12-19(24)20-13-17(18-8-7-11-25-18)23-9-5-4-6-10-23/h7-8,11,17H,4-6,9-10,12-13H2,1-3H3,(H,20,24)/t17-/m1/s1. The molecule has 1 N–H and O–H groups in total. The molecular weight excluding hydrogens is 316 g/mol. The van der Waals surface area contributed by atoms with Crippen molar-refractivity contribution < 1.29 is 9.21 Å². The first-order valence-electron chi connectivity index (χ1n) is 9.09. The van der Waals surface area contributed by atoms with Gasteiger partial charge in [0.25, 0.3) is 0 Å². The van der Waals surface area contributed by atoms with Gasteiger partial charge in [0.2, 0.25) is 5.91 Å². The van der Waals surface area contributed by atoms with E-state index in [0.717, 1.165) is 35.8 Å². The number of likely N-dealkylation sites (tertiary alicyclic amines) is 1. The first-order chi connectivity index (χ1) is 12.1. The van der Waals surface area contributed by atoms with Gasteiger partial charge < -0.3 is 9.73 Å². The number of carbonyl (C=O) groups is 1. The van der Waals surface area contributed by atoms with Crippen LogP contribution in [0.1, 0.15) is 48.0 Å². The average molecular weight is 344 g/mol. The van der Waals surface area contributed by atoms with Gasteiger partial charge >= 0.3 is 0 Å². The molecule has 0 saturated carbocycles. The number of piperidine rings is 1. The molecule has 0 radical (unpaired) electrons. The molecule has 6 nitrogen and oxygen atoms in total. The van der Waals surface area contributed by atoms with Gasteiger partial charge in [-0.3, -0.25) is 14.4 Å². The molecule has 3 rings (SSSR count). The number of hydrogen-bond donors (Lipinski definition) is 1. The second-order valence-electron chi connectivity index (χ2n) is 6.88. The van der Waals surface area contributed by atoms with Crippen LogP contribution in [0.3, 0.4) is 0 Å². The highest BCUT2D eigenvalue weighted by molar-refractivity contribution is 5.79. The number of aromatic nitrogens is 2. The van der Waals surface area contributed by atoms with Crippen LogP contribution < -0.4 is 5.32 Å². The Morgan fingerprint density at radius 1 is 1.32 bits per heavy atom. The molecule has 25 heavy (non-hydrogen) atoms. The third-order valence-corrected chi connectivity index (χ3v) is 5.19. The molecule has 0 bridgehead atoms. The molecule has 1 fully saturated rings. The minimum Gasteiger partial charge on any atom is -0.468 e. The second-order valence-corrected chi connectivity index (χ2v) is 6.88. The van der Waals surface area contributed by atoms with Crippen LogP contribution >= 0.6 is 0 Å². The first kappa shape index (κ1) is 17.7. The number of carbonyl (C=O) groups excluding carboxylic acids is 1. The van der Waals surface area contributed by atoms with E-state index in [1.54, 1.807) is 6.26 Å². The van der Waals surface area contributed by atoms with Crippen molar-refractivity contribution in [2.75, 3.05) is 19.6 Å². The van der Waals surface area contributed by atoms with Crippen molar-refractivity contribution in [2.45, 2.75) is 45.6 Å². The zero-order chi connectivity index (χ0) is 17.8. The number of amides is 1. The van der Waals surface area contributed by atoms with E-state index in [1.807, 2.05) is 37.7 Å². The summed E-state index contributed by atoms with van der Waals surface area (Å²) in [6.45, 7) is 6.64. The van der Waals surface area contributed by atoms with Gasteiger partial charge in [-0.1, -0.05) is 6.42 Å². The second kappa shape index (κ2) is 7.87. The van der Waals surface area contributed by atoms with E-state index in [2.05, 4.69) is 15.3 Å². The van der Waals surface area contributed by atoms with E-state index in [1.165, 1.54) is 19.3 Å². The van der Waals surface area contributed by atoms with E-state index >= 15 is 0 Å². The van der Waals surface area contributed by atoms with Crippen molar-refractivity contribution >= 4 is 5.91 Å². The van der Waals surface area contributed by atoms with E-state index < -0.39 is 0 Å². The first-order valence-corrected chi connectivity index (χ1v) is 9.09. The van der Waals surface area contributed by atoms with Gasteiger partial charge in [0, 0.05) is 24.8 Å². The van der Waals surface area contributed by atoms with Crippen molar-refractivity contribution in [3.63, 3.8) is 0 Å². The molecular formula is C19H28N4O2. The van der Waals surface area contributed by atoms with E-state index in [9.17, 15) is 4.79 Å². The van der Waals surface area contributed by atoms with Gasteiger partial charge in [-0.15, -0.1) is 0 Å². The van der Waals surface area contributed by atoms with Crippen LogP contribution in [0.2, 0.25) is 0 Å². The predicted molar refractivity (Wildman–Crippen MR) is 96.3 cm³/mol. The molecule has 1 aliphatic rings. The number of nitrogens with zero attached hydrogens (tertiary/aromatic N) is 3. The van der Waals surface area contributed by atoms with Gasteiger partial charge in [-0.05, 0) is 51.9 Å². The topological polar surface area (TPSA) is 63.3 Å². The van der Waals surface area contributed by atoms with Crippen molar-refractivity contribution in [1.82, 2.24) is 20.0 Å². The zero-order valence-corrected chi connectivity index (χ0v) is 15.4. The molecule has 1 aliphatic heterocycles. The molecule has 1 saturated heterocycles. The average Bonchev–Trinajstić information content (AvgIpc) is 3.21. The lowest BCUT2D eigenvalue weighted by molar-refractivity contribution is -0.120. The molecule has 3 heterocycles. The van der Waals surface area contributed by atoms with Crippen LogP contribution in [-0.2, 0) is 18.3 Å². The van der Waals surface area contributed by atoms with E-state index in [4.69, 9.17) is 4.42 Å². The summed E-state index contributed by atoms with van der Waals surface area (Å²) in [6.07, 6.45) is 5.78.